The second-order valence-electron chi connectivity index (χ2n) is 7.69. The minimum atomic E-state index is -0.299. The Morgan fingerprint density at radius 2 is 1.67 bits per heavy atom. The molecule has 4 heteroatoms. The molecule has 3 aromatic rings. The van der Waals surface area contributed by atoms with Crippen molar-refractivity contribution in [1.29, 1.82) is 0 Å². The lowest BCUT2D eigenvalue weighted by molar-refractivity contribution is -0.143. The molecule has 0 bridgehead atoms. The van der Waals surface area contributed by atoms with Crippen LogP contribution >= 0.6 is 0 Å². The zero-order valence-electron chi connectivity index (χ0n) is 15.7. The van der Waals surface area contributed by atoms with Gasteiger partial charge >= 0.3 is 5.97 Å². The summed E-state index contributed by atoms with van der Waals surface area (Å²) >= 11 is 0. The van der Waals surface area contributed by atoms with Gasteiger partial charge in [0.2, 0.25) is 0 Å². The number of para-hydroxylation sites is 1. The van der Waals surface area contributed by atoms with Crippen LogP contribution in [0.1, 0.15) is 53.2 Å². The Morgan fingerprint density at radius 3 is 2.41 bits per heavy atom. The van der Waals surface area contributed by atoms with Crippen LogP contribution in [0.4, 0.5) is 0 Å². The monoisotopic (exact) mass is 361 g/mol. The molecule has 0 spiro atoms. The molecule has 138 valence electrons. The highest BCUT2D eigenvalue weighted by molar-refractivity contribution is 5.94. The molecule has 5 rings (SSSR count). The predicted molar refractivity (Wildman–Crippen MR) is 104 cm³/mol. The summed E-state index contributed by atoms with van der Waals surface area (Å²) in [5.41, 5.74) is 5.75. The largest absolute Gasteiger partial charge is 0.469 e. The highest BCUT2D eigenvalue weighted by Gasteiger charge is 2.54. The standard InChI is InChI=1S/C23H23NO3/c1-12-17-18(13-8-4-5-9-14(13)22(12)26-2)20(23(25)27-3)19-15-10-6-7-11-16(15)24-21(17)19/h4-12,17-18,20,22,24H,1-3H3/t12-,17+,18-,20+,22+/m1/s1. The fourth-order valence-electron chi connectivity index (χ4n) is 5.59. The number of carbonyl (C=O) groups is 1. The van der Waals surface area contributed by atoms with Gasteiger partial charge in [-0.25, -0.2) is 0 Å². The molecule has 0 radical (unpaired) electrons. The second-order valence-corrected chi connectivity index (χ2v) is 7.69. The van der Waals surface area contributed by atoms with Gasteiger partial charge < -0.3 is 14.5 Å². The van der Waals surface area contributed by atoms with Gasteiger partial charge in [-0.2, -0.15) is 0 Å². The van der Waals surface area contributed by atoms with Crippen LogP contribution in [0, 0.1) is 5.92 Å². The average Bonchev–Trinajstić information content (AvgIpc) is 3.22. The van der Waals surface area contributed by atoms with E-state index >= 15 is 0 Å². The Kier molecular flexibility index (Phi) is 3.66. The Hall–Kier alpha value is -2.59. The molecule has 2 aliphatic carbocycles. The zero-order valence-corrected chi connectivity index (χ0v) is 15.7. The molecule has 2 aliphatic rings. The maximum absolute atomic E-state index is 13.0. The summed E-state index contributed by atoms with van der Waals surface area (Å²) in [6.07, 6.45) is 0.0121. The van der Waals surface area contributed by atoms with Crippen molar-refractivity contribution in [1.82, 2.24) is 4.98 Å². The summed E-state index contributed by atoms with van der Waals surface area (Å²) in [6, 6.07) is 16.6. The van der Waals surface area contributed by atoms with Crippen molar-refractivity contribution in [3.63, 3.8) is 0 Å². The number of fused-ring (bicyclic) bond motifs is 7. The summed E-state index contributed by atoms with van der Waals surface area (Å²) < 4.78 is 11.2. The van der Waals surface area contributed by atoms with Gasteiger partial charge in [0, 0.05) is 35.5 Å². The summed E-state index contributed by atoms with van der Waals surface area (Å²) in [5, 5.41) is 1.12. The van der Waals surface area contributed by atoms with E-state index in [-0.39, 0.29) is 35.7 Å². The minimum absolute atomic E-state index is 0.0121. The van der Waals surface area contributed by atoms with Crippen LogP contribution in [-0.4, -0.2) is 25.2 Å². The van der Waals surface area contributed by atoms with E-state index < -0.39 is 0 Å². The number of rotatable bonds is 2. The molecule has 5 atom stereocenters. The smallest absolute Gasteiger partial charge is 0.313 e. The molecular formula is C23H23NO3. The molecule has 0 aliphatic heterocycles. The molecule has 0 saturated heterocycles. The highest BCUT2D eigenvalue weighted by atomic mass is 16.5. The highest BCUT2D eigenvalue weighted by Crippen LogP contribution is 2.62. The molecule has 2 aromatic carbocycles. The van der Waals surface area contributed by atoms with Crippen LogP contribution in [0.2, 0.25) is 0 Å². The van der Waals surface area contributed by atoms with Gasteiger partial charge in [-0.15, -0.1) is 0 Å². The molecule has 4 nitrogen and oxygen atoms in total. The number of aromatic nitrogens is 1. The van der Waals surface area contributed by atoms with E-state index in [0.29, 0.717) is 0 Å². The fraction of sp³-hybridized carbons (Fsp3) is 0.348. The van der Waals surface area contributed by atoms with Crippen molar-refractivity contribution < 1.29 is 14.3 Å². The summed E-state index contributed by atoms with van der Waals surface area (Å²) in [6.45, 7) is 2.23. The molecular weight excluding hydrogens is 338 g/mol. The van der Waals surface area contributed by atoms with Crippen LogP contribution in [-0.2, 0) is 14.3 Å². The zero-order chi connectivity index (χ0) is 18.7. The van der Waals surface area contributed by atoms with Crippen LogP contribution in [0.3, 0.4) is 0 Å². The van der Waals surface area contributed by atoms with Gasteiger partial charge in [0.15, 0.2) is 0 Å². The molecule has 1 heterocycles. The molecule has 0 amide bonds. The Morgan fingerprint density at radius 1 is 0.963 bits per heavy atom. The van der Waals surface area contributed by atoms with Gasteiger partial charge in [-0.3, -0.25) is 4.79 Å². The van der Waals surface area contributed by atoms with Crippen molar-refractivity contribution in [2.75, 3.05) is 14.2 Å². The third kappa shape index (κ3) is 2.10. The van der Waals surface area contributed by atoms with E-state index in [0.717, 1.165) is 16.5 Å². The number of esters is 1. The van der Waals surface area contributed by atoms with E-state index in [9.17, 15) is 4.79 Å². The lowest BCUT2D eigenvalue weighted by Gasteiger charge is -2.40. The molecule has 0 saturated carbocycles. The van der Waals surface area contributed by atoms with E-state index in [2.05, 4.69) is 48.3 Å². The number of methoxy groups -OCH3 is 2. The number of aromatic amines is 1. The van der Waals surface area contributed by atoms with Crippen molar-refractivity contribution in [3.8, 4) is 0 Å². The van der Waals surface area contributed by atoms with E-state index in [1.54, 1.807) is 7.11 Å². The van der Waals surface area contributed by atoms with Crippen LogP contribution in [0.25, 0.3) is 10.9 Å². The first kappa shape index (κ1) is 16.6. The van der Waals surface area contributed by atoms with E-state index in [1.807, 2.05) is 12.1 Å². The van der Waals surface area contributed by atoms with Crippen LogP contribution in [0.15, 0.2) is 48.5 Å². The lowest BCUT2D eigenvalue weighted by atomic mass is 9.66. The first-order valence-corrected chi connectivity index (χ1v) is 9.47. The van der Waals surface area contributed by atoms with Crippen molar-refractivity contribution in [2.45, 2.75) is 30.8 Å². The van der Waals surface area contributed by atoms with Crippen molar-refractivity contribution in [3.05, 3.63) is 70.9 Å². The topological polar surface area (TPSA) is 51.3 Å². The number of hydrogen-bond acceptors (Lipinski definition) is 3. The van der Waals surface area contributed by atoms with Crippen molar-refractivity contribution in [2.24, 2.45) is 5.92 Å². The number of benzene rings is 2. The summed E-state index contributed by atoms with van der Waals surface area (Å²) in [5.74, 6) is 0.0487. The maximum atomic E-state index is 13.0. The minimum Gasteiger partial charge on any atom is -0.469 e. The Labute approximate surface area is 158 Å². The molecule has 0 fully saturated rings. The molecule has 27 heavy (non-hydrogen) atoms. The number of hydrogen-bond donors (Lipinski definition) is 1. The van der Waals surface area contributed by atoms with Gasteiger partial charge in [-0.1, -0.05) is 49.4 Å². The Bertz CT molecular complexity index is 1040. The van der Waals surface area contributed by atoms with E-state index in [1.165, 1.54) is 23.9 Å². The van der Waals surface area contributed by atoms with Gasteiger partial charge in [0.25, 0.3) is 0 Å². The van der Waals surface area contributed by atoms with Gasteiger partial charge in [0.05, 0.1) is 19.1 Å². The second kappa shape index (κ2) is 5.96. The predicted octanol–water partition coefficient (Wildman–Crippen LogP) is 4.64. The first-order valence-electron chi connectivity index (χ1n) is 9.47. The van der Waals surface area contributed by atoms with Gasteiger partial charge in [0.1, 0.15) is 0 Å². The average molecular weight is 361 g/mol. The molecule has 0 unspecified atom stereocenters. The number of ether oxygens (including phenoxy) is 2. The third-order valence-electron chi connectivity index (χ3n) is 6.58. The molecule has 1 N–H and O–H groups in total. The summed E-state index contributed by atoms with van der Waals surface area (Å²) in [4.78, 5) is 16.6. The SMILES string of the molecule is COC(=O)[C@@H]1c2c([nH]c3ccccc23)[C@H]2[C@@H](C)[C@H](OC)c3ccccc3[C@H]21. The fourth-order valence-corrected chi connectivity index (χ4v) is 5.59. The third-order valence-corrected chi connectivity index (χ3v) is 6.58. The number of carbonyl (C=O) groups excluding carboxylic acids is 1. The summed E-state index contributed by atoms with van der Waals surface area (Å²) in [7, 11) is 3.26. The van der Waals surface area contributed by atoms with Crippen LogP contribution in [0.5, 0.6) is 0 Å². The van der Waals surface area contributed by atoms with E-state index in [4.69, 9.17) is 9.47 Å². The van der Waals surface area contributed by atoms with Crippen LogP contribution < -0.4 is 0 Å². The first-order chi connectivity index (χ1) is 13.2. The Balaban J connectivity index is 1.81. The quantitative estimate of drug-likeness (QED) is 0.677. The number of H-pyrrole nitrogens is 1. The van der Waals surface area contributed by atoms with Crippen molar-refractivity contribution >= 4 is 16.9 Å². The number of nitrogens with one attached hydrogen (secondary N) is 1. The maximum Gasteiger partial charge on any atom is 0.313 e. The molecule has 1 aromatic heterocycles. The van der Waals surface area contributed by atoms with Gasteiger partial charge in [-0.05, 0) is 28.7 Å². The lowest BCUT2D eigenvalue weighted by Crippen LogP contribution is -2.32. The normalized spacial score (nSPS) is 28.5.